The molecule has 0 saturated carbocycles. The van der Waals surface area contributed by atoms with Crippen molar-refractivity contribution in [3.8, 4) is 0 Å². The van der Waals surface area contributed by atoms with Crippen LogP contribution in [0.3, 0.4) is 0 Å². The van der Waals surface area contributed by atoms with Crippen LogP contribution in [-0.2, 0) is 6.54 Å². The molecule has 0 amide bonds. The molecule has 18 heavy (non-hydrogen) atoms. The third-order valence-corrected chi connectivity index (χ3v) is 3.00. The molecule has 3 rings (SSSR count). The molecule has 0 aliphatic carbocycles. The van der Waals surface area contributed by atoms with E-state index in [1.54, 1.807) is 6.20 Å². The zero-order chi connectivity index (χ0) is 12.5. The van der Waals surface area contributed by atoms with E-state index in [0.717, 1.165) is 23.5 Å². The molecule has 3 aromatic rings. The van der Waals surface area contributed by atoms with Gasteiger partial charge >= 0.3 is 0 Å². The Morgan fingerprint density at radius 3 is 2.78 bits per heavy atom. The Hall–Kier alpha value is -2.36. The molecule has 0 spiro atoms. The van der Waals surface area contributed by atoms with Gasteiger partial charge in [-0.1, -0.05) is 30.3 Å². The van der Waals surface area contributed by atoms with Crippen LogP contribution in [-0.4, -0.2) is 14.5 Å². The number of anilines is 1. The summed E-state index contributed by atoms with van der Waals surface area (Å²) in [5.74, 6) is 0.951. The number of nitrogen functional groups attached to an aromatic ring is 1. The Morgan fingerprint density at radius 1 is 1.22 bits per heavy atom. The maximum absolute atomic E-state index is 5.79. The van der Waals surface area contributed by atoms with E-state index < -0.39 is 0 Å². The van der Waals surface area contributed by atoms with Gasteiger partial charge in [-0.15, -0.1) is 0 Å². The molecule has 0 fully saturated rings. The van der Waals surface area contributed by atoms with Gasteiger partial charge in [0.2, 0.25) is 0 Å². The van der Waals surface area contributed by atoms with Crippen LogP contribution in [0.15, 0.2) is 42.6 Å². The van der Waals surface area contributed by atoms with E-state index in [0.29, 0.717) is 5.69 Å². The highest BCUT2D eigenvalue weighted by Crippen LogP contribution is 2.18. The second kappa shape index (κ2) is 4.14. The minimum absolute atomic E-state index is 0.664. The van der Waals surface area contributed by atoms with Gasteiger partial charge in [0.25, 0.3) is 0 Å². The zero-order valence-corrected chi connectivity index (χ0v) is 10.2. The summed E-state index contributed by atoms with van der Waals surface area (Å²) < 4.78 is 2.13. The fourth-order valence-electron chi connectivity index (χ4n) is 2.10. The van der Waals surface area contributed by atoms with Crippen molar-refractivity contribution >= 4 is 16.9 Å². The van der Waals surface area contributed by atoms with Crippen LogP contribution in [0.25, 0.3) is 11.2 Å². The molecule has 0 bridgehead atoms. The standard InChI is InChI=1S/C14H14N4/c1-10-17-14-13(7-12(15)8-16-14)18(10)9-11-5-3-2-4-6-11/h2-8H,9,15H2,1H3. The first-order valence-corrected chi connectivity index (χ1v) is 5.86. The van der Waals surface area contributed by atoms with Crippen molar-refractivity contribution in [1.82, 2.24) is 14.5 Å². The first kappa shape index (κ1) is 10.8. The molecule has 4 heteroatoms. The molecule has 1 aromatic carbocycles. The van der Waals surface area contributed by atoms with E-state index in [2.05, 4.69) is 26.7 Å². The number of hydrogen-bond donors (Lipinski definition) is 1. The molecule has 0 atom stereocenters. The summed E-state index contributed by atoms with van der Waals surface area (Å²) in [6.45, 7) is 2.77. The van der Waals surface area contributed by atoms with Crippen molar-refractivity contribution in [2.45, 2.75) is 13.5 Å². The third kappa shape index (κ3) is 1.82. The summed E-state index contributed by atoms with van der Waals surface area (Å²) in [5.41, 5.74) is 9.42. The number of hydrogen-bond acceptors (Lipinski definition) is 3. The van der Waals surface area contributed by atoms with Crippen molar-refractivity contribution in [2.75, 3.05) is 5.73 Å². The molecule has 90 valence electrons. The molecular formula is C14H14N4. The Balaban J connectivity index is 2.11. The predicted molar refractivity (Wildman–Crippen MR) is 72.2 cm³/mol. The van der Waals surface area contributed by atoms with Crippen molar-refractivity contribution < 1.29 is 0 Å². The van der Waals surface area contributed by atoms with Crippen LogP contribution in [0.2, 0.25) is 0 Å². The zero-order valence-electron chi connectivity index (χ0n) is 10.2. The number of pyridine rings is 1. The van der Waals surface area contributed by atoms with E-state index in [9.17, 15) is 0 Å². The Morgan fingerprint density at radius 2 is 2.00 bits per heavy atom. The lowest BCUT2D eigenvalue weighted by Crippen LogP contribution is -2.02. The molecule has 2 heterocycles. The molecule has 0 aliphatic rings. The second-order valence-corrected chi connectivity index (χ2v) is 4.34. The molecular weight excluding hydrogens is 224 g/mol. The number of nitrogens with zero attached hydrogens (tertiary/aromatic N) is 3. The lowest BCUT2D eigenvalue weighted by molar-refractivity contribution is 0.786. The number of benzene rings is 1. The van der Waals surface area contributed by atoms with Crippen LogP contribution in [0.4, 0.5) is 5.69 Å². The van der Waals surface area contributed by atoms with Gasteiger partial charge < -0.3 is 10.3 Å². The Kier molecular flexibility index (Phi) is 2.48. The highest BCUT2D eigenvalue weighted by molar-refractivity contribution is 5.75. The topological polar surface area (TPSA) is 56.7 Å². The predicted octanol–water partition coefficient (Wildman–Crippen LogP) is 2.37. The van der Waals surface area contributed by atoms with Gasteiger partial charge in [-0.25, -0.2) is 9.97 Å². The molecule has 2 N–H and O–H groups in total. The largest absolute Gasteiger partial charge is 0.397 e. The Bertz CT molecular complexity index is 686. The smallest absolute Gasteiger partial charge is 0.178 e. The summed E-state index contributed by atoms with van der Waals surface area (Å²) >= 11 is 0. The summed E-state index contributed by atoms with van der Waals surface area (Å²) in [6, 6.07) is 12.2. The summed E-state index contributed by atoms with van der Waals surface area (Å²) in [7, 11) is 0. The minimum atomic E-state index is 0.664. The highest BCUT2D eigenvalue weighted by atomic mass is 15.1. The summed E-state index contributed by atoms with van der Waals surface area (Å²) in [5, 5.41) is 0. The lowest BCUT2D eigenvalue weighted by Gasteiger charge is -2.06. The van der Waals surface area contributed by atoms with Crippen molar-refractivity contribution in [2.24, 2.45) is 0 Å². The van der Waals surface area contributed by atoms with Gasteiger partial charge in [-0.3, -0.25) is 0 Å². The van der Waals surface area contributed by atoms with Crippen molar-refractivity contribution in [3.05, 3.63) is 54.0 Å². The van der Waals surface area contributed by atoms with Gasteiger partial charge in [-0.05, 0) is 18.6 Å². The van der Waals surface area contributed by atoms with Gasteiger partial charge in [0.1, 0.15) is 5.82 Å². The van der Waals surface area contributed by atoms with Gasteiger partial charge in [0.15, 0.2) is 5.65 Å². The van der Waals surface area contributed by atoms with Crippen molar-refractivity contribution in [3.63, 3.8) is 0 Å². The van der Waals surface area contributed by atoms with Crippen LogP contribution in [0, 0.1) is 6.92 Å². The number of nitrogens with two attached hydrogens (primary N) is 1. The quantitative estimate of drug-likeness (QED) is 0.745. The maximum atomic E-state index is 5.79. The van der Waals surface area contributed by atoms with Crippen molar-refractivity contribution in [1.29, 1.82) is 0 Å². The van der Waals surface area contributed by atoms with Crippen LogP contribution in [0.5, 0.6) is 0 Å². The highest BCUT2D eigenvalue weighted by Gasteiger charge is 2.08. The van der Waals surface area contributed by atoms with Crippen LogP contribution < -0.4 is 5.73 Å². The Labute approximate surface area is 105 Å². The molecule has 0 radical (unpaired) electrons. The fourth-order valence-corrected chi connectivity index (χ4v) is 2.10. The van der Waals surface area contributed by atoms with Gasteiger partial charge in [0, 0.05) is 6.54 Å². The van der Waals surface area contributed by atoms with E-state index >= 15 is 0 Å². The van der Waals surface area contributed by atoms with E-state index in [4.69, 9.17) is 5.73 Å². The van der Waals surface area contributed by atoms with Crippen LogP contribution in [0.1, 0.15) is 11.4 Å². The first-order chi connectivity index (χ1) is 8.74. The SMILES string of the molecule is Cc1nc2ncc(N)cc2n1Cc1ccccc1. The molecule has 2 aromatic heterocycles. The average molecular weight is 238 g/mol. The van der Waals surface area contributed by atoms with Crippen LogP contribution >= 0.6 is 0 Å². The molecule has 0 aliphatic heterocycles. The van der Waals surface area contributed by atoms with E-state index in [1.165, 1.54) is 5.56 Å². The van der Waals surface area contributed by atoms with E-state index in [1.807, 2.05) is 31.2 Å². The summed E-state index contributed by atoms with van der Waals surface area (Å²) in [6.07, 6.45) is 1.64. The number of aryl methyl sites for hydroxylation is 1. The fraction of sp³-hybridized carbons (Fsp3) is 0.143. The first-order valence-electron chi connectivity index (χ1n) is 5.86. The molecule has 0 saturated heterocycles. The average Bonchev–Trinajstić information content (AvgIpc) is 2.67. The number of aromatic nitrogens is 3. The van der Waals surface area contributed by atoms with Gasteiger partial charge in [-0.2, -0.15) is 0 Å². The second-order valence-electron chi connectivity index (χ2n) is 4.34. The number of imidazole rings is 1. The monoisotopic (exact) mass is 238 g/mol. The lowest BCUT2D eigenvalue weighted by atomic mass is 10.2. The number of fused-ring (bicyclic) bond motifs is 1. The maximum Gasteiger partial charge on any atom is 0.178 e. The minimum Gasteiger partial charge on any atom is -0.397 e. The van der Waals surface area contributed by atoms with Gasteiger partial charge in [0.05, 0.1) is 17.4 Å². The number of rotatable bonds is 2. The molecule has 0 unspecified atom stereocenters. The normalized spacial score (nSPS) is 10.9. The van der Waals surface area contributed by atoms with E-state index in [-0.39, 0.29) is 0 Å². The summed E-state index contributed by atoms with van der Waals surface area (Å²) in [4.78, 5) is 8.69. The third-order valence-electron chi connectivity index (χ3n) is 3.00. The molecule has 4 nitrogen and oxygen atoms in total.